The number of methoxy groups -OCH3 is 1. The molecule has 32 heavy (non-hydrogen) atoms. The molecule has 0 saturated carbocycles. The summed E-state index contributed by atoms with van der Waals surface area (Å²) < 4.78 is 11.2. The molecule has 1 aliphatic rings. The van der Waals surface area contributed by atoms with Gasteiger partial charge in [0.25, 0.3) is 0 Å². The van der Waals surface area contributed by atoms with Crippen LogP contribution in [0, 0.1) is 0 Å². The largest absolute Gasteiger partial charge is 0.504 e. The summed E-state index contributed by atoms with van der Waals surface area (Å²) in [5, 5.41) is 13.9. The third-order valence-electron chi connectivity index (χ3n) is 5.59. The number of esters is 1. The van der Waals surface area contributed by atoms with E-state index in [1.54, 1.807) is 24.3 Å². The number of benzene rings is 3. The van der Waals surface area contributed by atoms with Gasteiger partial charge in [-0.25, -0.2) is 4.79 Å². The molecule has 1 aliphatic heterocycles. The first-order chi connectivity index (χ1) is 15.3. The van der Waals surface area contributed by atoms with Crippen LogP contribution >= 0.6 is 0 Å². The van der Waals surface area contributed by atoms with E-state index < -0.39 is 0 Å². The molecule has 0 fully saturated rings. The fourth-order valence-electron chi connectivity index (χ4n) is 4.35. The first-order valence-electron chi connectivity index (χ1n) is 10.5. The van der Waals surface area contributed by atoms with E-state index >= 15 is 0 Å². The number of phenols is 1. The van der Waals surface area contributed by atoms with Crippen molar-refractivity contribution < 1.29 is 19.4 Å². The quantitative estimate of drug-likeness (QED) is 0.485. The highest BCUT2D eigenvalue weighted by Gasteiger charge is 2.27. The Morgan fingerprint density at radius 3 is 2.47 bits per heavy atom. The highest BCUT2D eigenvalue weighted by atomic mass is 16.5. The summed E-state index contributed by atoms with van der Waals surface area (Å²) in [6.07, 6.45) is 2.17. The van der Waals surface area contributed by atoms with Crippen molar-refractivity contribution in [3.8, 4) is 22.6 Å². The SMILES string of the molecule is COc1c(O)cccc1-c1ccc2c(c1COC(=O)c1ccccc1)C(C)=CC(C)(C)N2. The second kappa shape index (κ2) is 8.42. The van der Waals surface area contributed by atoms with Crippen LogP contribution in [-0.4, -0.2) is 23.7 Å². The Hall–Kier alpha value is -3.73. The number of carbonyl (C=O) groups is 1. The fourth-order valence-corrected chi connectivity index (χ4v) is 4.35. The Balaban J connectivity index is 1.84. The zero-order valence-electron chi connectivity index (χ0n) is 18.7. The molecule has 0 atom stereocenters. The molecule has 0 unspecified atom stereocenters. The second-order valence-corrected chi connectivity index (χ2v) is 8.49. The predicted molar refractivity (Wildman–Crippen MR) is 127 cm³/mol. The van der Waals surface area contributed by atoms with Crippen LogP contribution in [0.15, 0.2) is 66.7 Å². The zero-order valence-corrected chi connectivity index (χ0v) is 18.7. The van der Waals surface area contributed by atoms with E-state index in [2.05, 4.69) is 32.2 Å². The van der Waals surface area contributed by atoms with E-state index in [0.29, 0.717) is 11.3 Å². The molecule has 0 bridgehead atoms. The Bertz CT molecular complexity index is 1200. The van der Waals surface area contributed by atoms with E-state index in [4.69, 9.17) is 9.47 Å². The van der Waals surface area contributed by atoms with Gasteiger partial charge >= 0.3 is 5.97 Å². The summed E-state index contributed by atoms with van der Waals surface area (Å²) >= 11 is 0. The highest BCUT2D eigenvalue weighted by molar-refractivity contribution is 5.91. The smallest absolute Gasteiger partial charge is 0.338 e. The number of aromatic hydroxyl groups is 1. The first-order valence-corrected chi connectivity index (χ1v) is 10.5. The number of allylic oxidation sites excluding steroid dienone is 1. The minimum absolute atomic E-state index is 0.0569. The van der Waals surface area contributed by atoms with Gasteiger partial charge in [0, 0.05) is 22.4 Å². The van der Waals surface area contributed by atoms with Crippen LogP contribution in [0.4, 0.5) is 5.69 Å². The van der Waals surface area contributed by atoms with Gasteiger partial charge in [0.15, 0.2) is 11.5 Å². The van der Waals surface area contributed by atoms with Crippen LogP contribution < -0.4 is 10.1 Å². The molecule has 1 heterocycles. The lowest BCUT2D eigenvalue weighted by Gasteiger charge is -2.33. The number of hydrogen-bond acceptors (Lipinski definition) is 5. The third-order valence-corrected chi connectivity index (χ3v) is 5.59. The molecule has 0 spiro atoms. The van der Waals surface area contributed by atoms with Crippen molar-refractivity contribution in [1.82, 2.24) is 0 Å². The molecule has 0 saturated heterocycles. The van der Waals surface area contributed by atoms with E-state index in [-0.39, 0.29) is 23.9 Å². The van der Waals surface area contributed by atoms with E-state index in [0.717, 1.165) is 33.5 Å². The van der Waals surface area contributed by atoms with Crippen LogP contribution in [0.1, 0.15) is 42.3 Å². The van der Waals surface area contributed by atoms with Crippen molar-refractivity contribution in [2.24, 2.45) is 0 Å². The van der Waals surface area contributed by atoms with Gasteiger partial charge in [-0.3, -0.25) is 0 Å². The predicted octanol–water partition coefficient (Wildman–Crippen LogP) is 6.03. The molecule has 0 aromatic heterocycles. The standard InChI is InChI=1S/C27H27NO4/c1-17-15-27(2,3)28-22-14-13-19(20-11-8-12-23(29)25(20)31-4)21(24(17)22)16-32-26(30)18-9-6-5-7-10-18/h5-15,28-29H,16H2,1-4H3. The molecule has 0 aliphatic carbocycles. The van der Waals surface area contributed by atoms with E-state index in [1.807, 2.05) is 36.4 Å². The summed E-state index contributed by atoms with van der Waals surface area (Å²) in [4.78, 5) is 12.7. The van der Waals surface area contributed by atoms with Gasteiger partial charge in [0.2, 0.25) is 0 Å². The Morgan fingerprint density at radius 1 is 1.00 bits per heavy atom. The van der Waals surface area contributed by atoms with Gasteiger partial charge in [-0.05, 0) is 56.2 Å². The second-order valence-electron chi connectivity index (χ2n) is 8.49. The topological polar surface area (TPSA) is 67.8 Å². The summed E-state index contributed by atoms with van der Waals surface area (Å²) in [6.45, 7) is 6.37. The fraction of sp³-hybridized carbons (Fsp3) is 0.222. The summed E-state index contributed by atoms with van der Waals surface area (Å²) in [5.74, 6) is 0.0537. The maximum atomic E-state index is 12.7. The minimum Gasteiger partial charge on any atom is -0.504 e. The number of ether oxygens (including phenoxy) is 2. The number of fused-ring (bicyclic) bond motifs is 1. The van der Waals surface area contributed by atoms with Crippen molar-refractivity contribution in [3.05, 3.63) is 83.4 Å². The van der Waals surface area contributed by atoms with Crippen LogP contribution in [-0.2, 0) is 11.3 Å². The van der Waals surface area contributed by atoms with E-state index in [9.17, 15) is 9.90 Å². The third kappa shape index (κ3) is 4.06. The zero-order chi connectivity index (χ0) is 22.9. The molecule has 164 valence electrons. The number of anilines is 1. The summed E-state index contributed by atoms with van der Waals surface area (Å²) in [7, 11) is 1.53. The molecular weight excluding hydrogens is 402 g/mol. The van der Waals surface area contributed by atoms with Crippen molar-refractivity contribution in [2.75, 3.05) is 12.4 Å². The highest BCUT2D eigenvalue weighted by Crippen LogP contribution is 2.44. The maximum absolute atomic E-state index is 12.7. The number of carbonyl (C=O) groups excluding carboxylic acids is 1. The van der Waals surface area contributed by atoms with Gasteiger partial charge in [-0.2, -0.15) is 0 Å². The summed E-state index contributed by atoms with van der Waals surface area (Å²) in [5.41, 5.74) is 5.80. The average molecular weight is 430 g/mol. The van der Waals surface area contributed by atoms with Crippen LogP contribution in [0.2, 0.25) is 0 Å². The number of nitrogens with one attached hydrogen (secondary N) is 1. The monoisotopic (exact) mass is 429 g/mol. The normalized spacial score (nSPS) is 14.1. The van der Waals surface area contributed by atoms with Crippen LogP contribution in [0.5, 0.6) is 11.5 Å². The molecule has 4 rings (SSSR count). The van der Waals surface area contributed by atoms with E-state index in [1.165, 1.54) is 7.11 Å². The lowest BCUT2D eigenvalue weighted by Crippen LogP contribution is -2.32. The van der Waals surface area contributed by atoms with Gasteiger partial charge in [-0.15, -0.1) is 0 Å². The van der Waals surface area contributed by atoms with Crippen molar-refractivity contribution in [1.29, 1.82) is 0 Å². The molecule has 3 aromatic rings. The molecule has 0 amide bonds. The van der Waals surface area contributed by atoms with Crippen LogP contribution in [0.25, 0.3) is 16.7 Å². The minimum atomic E-state index is -0.386. The average Bonchev–Trinajstić information content (AvgIpc) is 2.76. The van der Waals surface area contributed by atoms with Gasteiger partial charge in [0.05, 0.1) is 18.2 Å². The lowest BCUT2D eigenvalue weighted by atomic mass is 9.85. The number of hydrogen-bond donors (Lipinski definition) is 2. The maximum Gasteiger partial charge on any atom is 0.338 e. The number of rotatable bonds is 5. The van der Waals surface area contributed by atoms with Crippen molar-refractivity contribution >= 4 is 17.2 Å². The van der Waals surface area contributed by atoms with Crippen molar-refractivity contribution in [3.63, 3.8) is 0 Å². The molecule has 3 aromatic carbocycles. The molecule has 0 radical (unpaired) electrons. The first kappa shape index (κ1) is 21.5. The van der Waals surface area contributed by atoms with Gasteiger partial charge < -0.3 is 19.9 Å². The molecule has 5 heteroatoms. The summed E-state index contributed by atoms with van der Waals surface area (Å²) in [6, 6.07) is 18.2. The molecule has 5 nitrogen and oxygen atoms in total. The van der Waals surface area contributed by atoms with Crippen LogP contribution in [0.3, 0.4) is 0 Å². The van der Waals surface area contributed by atoms with Crippen molar-refractivity contribution in [2.45, 2.75) is 32.9 Å². The Labute approximate surface area is 188 Å². The number of para-hydroxylation sites is 1. The molecular formula is C27H27NO4. The van der Waals surface area contributed by atoms with Gasteiger partial charge in [-0.1, -0.05) is 42.5 Å². The lowest BCUT2D eigenvalue weighted by molar-refractivity contribution is 0.0473. The Morgan fingerprint density at radius 2 is 1.75 bits per heavy atom. The molecule has 2 N–H and O–H groups in total. The Kier molecular flexibility index (Phi) is 5.66. The number of phenolic OH excluding ortho intramolecular Hbond substituents is 1. The van der Waals surface area contributed by atoms with Gasteiger partial charge in [0.1, 0.15) is 6.61 Å².